The fourth-order valence-corrected chi connectivity index (χ4v) is 11.6. The van der Waals surface area contributed by atoms with Gasteiger partial charge in [-0.2, -0.15) is 0 Å². The summed E-state index contributed by atoms with van der Waals surface area (Å²) in [6.45, 7) is 22.6. The van der Waals surface area contributed by atoms with Gasteiger partial charge in [-0.3, -0.25) is 9.55 Å². The normalized spacial score (nSPS) is 12.1. The second kappa shape index (κ2) is 19.6. The van der Waals surface area contributed by atoms with Crippen LogP contribution in [-0.2, 0) is 26.5 Å². The number of phenols is 1. The van der Waals surface area contributed by atoms with Crippen LogP contribution in [0, 0.1) is 6.07 Å². The van der Waals surface area contributed by atoms with Crippen LogP contribution < -0.4 is 5.19 Å². The van der Waals surface area contributed by atoms with Crippen LogP contribution in [-0.4, -0.2) is 32.7 Å². The third kappa shape index (κ3) is 9.05. The number of pyridine rings is 2. The van der Waals surface area contributed by atoms with Gasteiger partial charge >= 0.3 is 0 Å². The molecule has 0 spiro atoms. The van der Waals surface area contributed by atoms with E-state index < -0.39 is 13.5 Å². The van der Waals surface area contributed by atoms with Crippen molar-refractivity contribution < 1.29 is 30.6 Å². The van der Waals surface area contributed by atoms with Gasteiger partial charge in [0.05, 0.1) is 41.6 Å². The molecule has 11 aromatic rings. The van der Waals surface area contributed by atoms with Gasteiger partial charge in [0.15, 0.2) is 5.82 Å². The Morgan fingerprint density at radius 1 is 0.622 bits per heavy atom. The minimum Gasteiger partial charge on any atom is -0.507 e. The number of rotatable bonds is 10. The van der Waals surface area contributed by atoms with E-state index in [-0.39, 0.29) is 38.7 Å². The van der Waals surface area contributed by atoms with Crippen LogP contribution in [0.4, 0.5) is 0 Å². The molecule has 6 nitrogen and oxygen atoms in total. The molecule has 0 radical (unpaired) electrons. The molecule has 0 fully saturated rings. The summed E-state index contributed by atoms with van der Waals surface area (Å²) in [5.41, 5.74) is 16.7. The standard InChI is InChI=1S/C66H61N4O2Si.Pt/c1-40(2)49-28-20-29-50(41(3)4)62(49)70-56-31-21-30-51(46-34-47(36-48(35-46)73(8,9)10)54-37-45(32-33-67-54)42-22-14-11-15-23-42)61(56)69-65(70)59-63(71)53(66(5,6)7)38-52-58-57(72-64(52)59)39-55(43-24-16-12-17-25-43)68-60(58)44-26-18-13-19-27-44;/h11-33,35-41,71H,1-10H3;/q-1;. The smallest absolute Gasteiger partial charge is 0.152 e. The second-order valence-corrected chi connectivity index (χ2v) is 27.2. The van der Waals surface area contributed by atoms with E-state index in [0.717, 1.165) is 89.1 Å². The van der Waals surface area contributed by atoms with E-state index >= 15 is 0 Å². The summed E-state index contributed by atoms with van der Waals surface area (Å²) in [5.74, 6) is 1.08. The monoisotopic (exact) mass is 1160 g/mol. The number of phenolic OH excluding ortho intramolecular Hbond substituents is 1. The van der Waals surface area contributed by atoms with E-state index in [1.54, 1.807) is 0 Å². The van der Waals surface area contributed by atoms with Crippen LogP contribution in [0.5, 0.6) is 5.75 Å². The van der Waals surface area contributed by atoms with Gasteiger partial charge in [0.25, 0.3) is 0 Å². The predicted molar refractivity (Wildman–Crippen MR) is 307 cm³/mol. The van der Waals surface area contributed by atoms with Crippen molar-refractivity contribution in [2.75, 3.05) is 0 Å². The van der Waals surface area contributed by atoms with Crippen molar-refractivity contribution in [3.8, 4) is 78.9 Å². The number of para-hydroxylation sites is 2. The molecule has 0 bridgehead atoms. The zero-order chi connectivity index (χ0) is 50.9. The Bertz CT molecular complexity index is 3860. The topological polar surface area (TPSA) is 77.0 Å². The molecule has 0 aliphatic heterocycles. The first-order chi connectivity index (χ1) is 35.0. The van der Waals surface area contributed by atoms with Gasteiger partial charge in [-0.1, -0.05) is 207 Å². The fourth-order valence-electron chi connectivity index (χ4n) is 10.4. The van der Waals surface area contributed by atoms with Gasteiger partial charge < -0.3 is 9.52 Å². The molecule has 372 valence electrons. The van der Waals surface area contributed by atoms with Gasteiger partial charge in [-0.05, 0) is 57.7 Å². The third-order valence-corrected chi connectivity index (χ3v) is 16.3. The van der Waals surface area contributed by atoms with E-state index in [4.69, 9.17) is 19.4 Å². The quantitative estimate of drug-likeness (QED) is 0.109. The number of fused-ring (bicyclic) bond motifs is 4. The summed E-state index contributed by atoms with van der Waals surface area (Å²) in [4.78, 5) is 16.2. The van der Waals surface area contributed by atoms with E-state index in [2.05, 4.69) is 206 Å². The summed E-state index contributed by atoms with van der Waals surface area (Å²) < 4.78 is 9.58. The molecule has 0 amide bonds. The summed E-state index contributed by atoms with van der Waals surface area (Å²) >= 11 is 0. The van der Waals surface area contributed by atoms with Crippen LogP contribution in [0.3, 0.4) is 0 Å². The van der Waals surface area contributed by atoms with Crippen LogP contribution in [0.15, 0.2) is 174 Å². The maximum atomic E-state index is 13.2. The molecule has 74 heavy (non-hydrogen) atoms. The number of aromatic hydroxyl groups is 1. The van der Waals surface area contributed by atoms with Gasteiger partial charge in [0.2, 0.25) is 0 Å². The van der Waals surface area contributed by atoms with Crippen molar-refractivity contribution in [2.45, 2.75) is 85.4 Å². The largest absolute Gasteiger partial charge is 0.507 e. The number of benzene rings is 7. The minimum atomic E-state index is -1.92. The van der Waals surface area contributed by atoms with E-state index in [1.807, 2.05) is 42.6 Å². The first-order valence-corrected chi connectivity index (χ1v) is 29.0. The molecule has 7 aromatic carbocycles. The Labute approximate surface area is 450 Å². The maximum absolute atomic E-state index is 13.2. The van der Waals surface area contributed by atoms with Crippen molar-refractivity contribution in [1.29, 1.82) is 0 Å². The van der Waals surface area contributed by atoms with E-state index in [1.165, 1.54) is 16.3 Å². The molecule has 0 saturated carbocycles. The molecular weight excluding hydrogens is 1100 g/mol. The molecule has 0 aliphatic rings. The molecule has 0 saturated heterocycles. The summed E-state index contributed by atoms with van der Waals surface area (Å²) in [5, 5.41) is 16.3. The van der Waals surface area contributed by atoms with Gasteiger partial charge in [-0.25, -0.2) is 9.97 Å². The Kier molecular flexibility index (Phi) is 13.3. The number of hydrogen-bond acceptors (Lipinski definition) is 5. The minimum absolute atomic E-state index is 0. The van der Waals surface area contributed by atoms with Crippen molar-refractivity contribution in [2.24, 2.45) is 0 Å². The van der Waals surface area contributed by atoms with Crippen LogP contribution in [0.2, 0.25) is 19.6 Å². The summed E-state index contributed by atoms with van der Waals surface area (Å²) in [6.07, 6.45) is 1.90. The third-order valence-electron chi connectivity index (χ3n) is 14.3. The molecular formula is C66H61N4O2PtSi-. The van der Waals surface area contributed by atoms with Crippen molar-refractivity contribution in [3.63, 3.8) is 0 Å². The molecule has 11 rings (SSSR count). The second-order valence-electron chi connectivity index (χ2n) is 22.1. The van der Waals surface area contributed by atoms with Crippen molar-refractivity contribution in [1.82, 2.24) is 19.5 Å². The Hall–Kier alpha value is -7.18. The number of imidazole rings is 1. The summed E-state index contributed by atoms with van der Waals surface area (Å²) in [6, 6.07) is 61.1. The molecule has 4 heterocycles. The summed E-state index contributed by atoms with van der Waals surface area (Å²) in [7, 11) is -1.92. The van der Waals surface area contributed by atoms with Crippen LogP contribution in [0.1, 0.15) is 77.0 Å². The van der Waals surface area contributed by atoms with Crippen molar-refractivity contribution in [3.05, 3.63) is 193 Å². The first-order valence-electron chi connectivity index (χ1n) is 25.5. The van der Waals surface area contributed by atoms with Gasteiger partial charge in [0, 0.05) is 61.1 Å². The first kappa shape index (κ1) is 50.4. The average Bonchev–Trinajstić information content (AvgIpc) is 3.96. The van der Waals surface area contributed by atoms with Gasteiger partial charge in [0.1, 0.15) is 22.5 Å². The zero-order valence-corrected chi connectivity index (χ0v) is 47.1. The van der Waals surface area contributed by atoms with Crippen LogP contribution in [0.25, 0.3) is 106 Å². The Balaban J connectivity index is 0.00000626. The zero-order valence-electron chi connectivity index (χ0n) is 43.8. The Morgan fingerprint density at radius 3 is 1.85 bits per heavy atom. The number of furan rings is 1. The number of nitrogens with zero attached hydrogens (tertiary/aromatic N) is 4. The molecule has 0 atom stereocenters. The molecule has 8 heteroatoms. The molecule has 0 unspecified atom stereocenters. The predicted octanol–water partition coefficient (Wildman–Crippen LogP) is 17.3. The van der Waals surface area contributed by atoms with E-state index in [9.17, 15) is 5.11 Å². The molecule has 1 N–H and O–H groups in total. The maximum Gasteiger partial charge on any atom is 0.152 e. The van der Waals surface area contributed by atoms with E-state index in [0.29, 0.717) is 22.6 Å². The molecule has 4 aromatic heterocycles. The Morgan fingerprint density at radius 2 is 1.23 bits per heavy atom. The SMILES string of the molecule is CC(C)c1cccc(C(C)C)c1-n1c(-c2c(O)c(C(C)(C)C)cc3c2oc2cc(-c4ccccc4)nc(-c4ccccc4)c23)nc2c(-c3[c-]c(-c4cc(-c5ccccc5)ccn4)cc([Si](C)(C)C)c3)cccc21.[Pt]. The number of aromatic nitrogens is 4. The van der Waals surface area contributed by atoms with Crippen molar-refractivity contribution >= 4 is 46.2 Å². The van der Waals surface area contributed by atoms with Crippen LogP contribution >= 0.6 is 0 Å². The van der Waals surface area contributed by atoms with Gasteiger partial charge in [-0.15, -0.1) is 28.9 Å². The fraction of sp³-hybridized carbons (Fsp3) is 0.197. The number of hydrogen-bond donors (Lipinski definition) is 1. The average molecular weight is 1170 g/mol. The molecule has 0 aliphatic carbocycles.